The van der Waals surface area contributed by atoms with Crippen LogP contribution >= 0.6 is 0 Å². The molecule has 7 heteroatoms. The summed E-state index contributed by atoms with van der Waals surface area (Å²) in [5.41, 5.74) is 0. The van der Waals surface area contributed by atoms with E-state index in [-0.39, 0.29) is 5.91 Å². The van der Waals surface area contributed by atoms with Gasteiger partial charge in [0.2, 0.25) is 5.91 Å². The molecule has 0 fully saturated rings. The number of amides is 2. The predicted octanol–water partition coefficient (Wildman–Crippen LogP) is 6.07. The molecule has 0 spiro atoms. The van der Waals surface area contributed by atoms with Gasteiger partial charge in [0.25, 0.3) is 0 Å². The summed E-state index contributed by atoms with van der Waals surface area (Å²) in [6, 6.07) is 0. The highest BCUT2D eigenvalue weighted by Gasteiger charge is 2.10. The smallest absolute Gasteiger partial charge is 0.303 e. The van der Waals surface area contributed by atoms with E-state index in [1.807, 2.05) is 0 Å². The Bertz CT molecular complexity index is 559. The molecule has 0 heterocycles. The minimum atomic E-state index is -0.683. The Balaban J connectivity index is 3.63. The Kier molecular flexibility index (Phi) is 19.9. The Hall–Kier alpha value is -1.53. The topological polar surface area (TPSA) is 95.5 Å². The van der Waals surface area contributed by atoms with Crippen molar-refractivity contribution in [3.63, 3.8) is 0 Å². The summed E-state index contributed by atoms with van der Waals surface area (Å²) in [7, 11) is 4.98. The molecule has 0 aromatic carbocycles. The first kappa shape index (κ1) is 32.5. The van der Waals surface area contributed by atoms with Crippen LogP contribution in [0.5, 0.6) is 0 Å². The SMILES string of the molecule is [B]C(=O)NCCNC(=O)CCC(C)CCCC(C)CCCCC(C)CCCC(C)CCC(=O)O. The largest absolute Gasteiger partial charge is 0.481 e. The number of carboxylic acids is 1. The van der Waals surface area contributed by atoms with Crippen molar-refractivity contribution in [2.24, 2.45) is 23.7 Å². The van der Waals surface area contributed by atoms with Gasteiger partial charge in [-0.2, -0.15) is 0 Å². The van der Waals surface area contributed by atoms with E-state index in [1.54, 1.807) is 0 Å². The fraction of sp³-hybridized carbons (Fsp3) is 0.889. The van der Waals surface area contributed by atoms with Crippen LogP contribution in [-0.4, -0.2) is 43.7 Å². The average molecular weight is 479 g/mol. The van der Waals surface area contributed by atoms with Crippen LogP contribution in [0.3, 0.4) is 0 Å². The summed E-state index contributed by atoms with van der Waals surface area (Å²) >= 11 is 0. The van der Waals surface area contributed by atoms with E-state index in [2.05, 4.69) is 38.3 Å². The van der Waals surface area contributed by atoms with Gasteiger partial charge in [0.1, 0.15) is 0 Å². The maximum atomic E-state index is 11.8. The van der Waals surface area contributed by atoms with Gasteiger partial charge in [-0.05, 0) is 36.5 Å². The molecule has 0 aliphatic carbocycles. The van der Waals surface area contributed by atoms with Gasteiger partial charge in [-0.1, -0.05) is 91.9 Å². The lowest BCUT2D eigenvalue weighted by molar-refractivity contribution is -0.137. The zero-order valence-corrected chi connectivity index (χ0v) is 22.4. The van der Waals surface area contributed by atoms with E-state index < -0.39 is 11.8 Å². The molecule has 0 aromatic heterocycles. The summed E-state index contributed by atoms with van der Waals surface area (Å²) in [6.45, 7) is 9.89. The molecule has 3 N–H and O–H groups in total. The number of carbonyl (C=O) groups is 3. The highest BCUT2D eigenvalue weighted by Crippen LogP contribution is 2.23. The van der Waals surface area contributed by atoms with Gasteiger partial charge in [-0.3, -0.25) is 14.4 Å². The molecular formula is C27H51BN2O4. The minimum Gasteiger partial charge on any atom is -0.481 e. The summed E-state index contributed by atoms with van der Waals surface area (Å²) < 4.78 is 0. The zero-order chi connectivity index (χ0) is 25.8. The lowest BCUT2D eigenvalue weighted by Gasteiger charge is -2.16. The van der Waals surface area contributed by atoms with E-state index in [9.17, 15) is 14.4 Å². The van der Waals surface area contributed by atoms with Crippen molar-refractivity contribution in [2.75, 3.05) is 13.1 Å². The molecular weight excluding hydrogens is 427 g/mol. The Morgan fingerprint density at radius 3 is 1.44 bits per heavy atom. The molecule has 0 aromatic rings. The maximum absolute atomic E-state index is 11.8. The van der Waals surface area contributed by atoms with Gasteiger partial charge >= 0.3 is 5.97 Å². The van der Waals surface area contributed by atoms with E-state index in [0.29, 0.717) is 37.8 Å². The van der Waals surface area contributed by atoms with Gasteiger partial charge in [0.05, 0.1) is 0 Å². The normalized spacial score (nSPS) is 14.7. The van der Waals surface area contributed by atoms with E-state index in [1.165, 1.54) is 57.8 Å². The number of hydrogen-bond donors (Lipinski definition) is 3. The fourth-order valence-corrected chi connectivity index (χ4v) is 4.42. The summed E-state index contributed by atoms with van der Waals surface area (Å²) in [5.74, 6) is 1.37. The molecule has 0 saturated heterocycles. The molecule has 4 unspecified atom stereocenters. The summed E-state index contributed by atoms with van der Waals surface area (Å²) in [5, 5.41) is 14.0. The molecule has 0 saturated carbocycles. The second kappa shape index (κ2) is 20.8. The molecule has 0 aliphatic rings. The zero-order valence-electron chi connectivity index (χ0n) is 22.4. The minimum absolute atomic E-state index is 0.0356. The third-order valence-electron chi connectivity index (χ3n) is 6.89. The number of hydrogen-bond acceptors (Lipinski definition) is 3. The molecule has 0 rings (SSSR count). The van der Waals surface area contributed by atoms with Crippen LogP contribution in [0.1, 0.15) is 118 Å². The first-order chi connectivity index (χ1) is 16.1. The van der Waals surface area contributed by atoms with Gasteiger partial charge in [-0.15, -0.1) is 0 Å². The van der Waals surface area contributed by atoms with E-state index in [4.69, 9.17) is 13.0 Å². The number of carbonyl (C=O) groups excluding carboxylic acids is 2. The molecule has 0 bridgehead atoms. The molecule has 34 heavy (non-hydrogen) atoms. The average Bonchev–Trinajstić information content (AvgIpc) is 2.76. The first-order valence-corrected chi connectivity index (χ1v) is 13.6. The predicted molar refractivity (Wildman–Crippen MR) is 141 cm³/mol. The highest BCUT2D eigenvalue weighted by atomic mass is 16.4. The van der Waals surface area contributed by atoms with Crippen molar-refractivity contribution in [3.8, 4) is 0 Å². The second-order valence-corrected chi connectivity index (χ2v) is 10.7. The first-order valence-electron chi connectivity index (χ1n) is 13.6. The molecule has 6 nitrogen and oxygen atoms in total. The van der Waals surface area contributed by atoms with Crippen molar-refractivity contribution in [1.82, 2.24) is 10.6 Å². The lowest BCUT2D eigenvalue weighted by Crippen LogP contribution is -2.34. The highest BCUT2D eigenvalue weighted by molar-refractivity contribution is 6.57. The van der Waals surface area contributed by atoms with Crippen molar-refractivity contribution >= 4 is 25.5 Å². The van der Waals surface area contributed by atoms with Crippen molar-refractivity contribution in [2.45, 2.75) is 118 Å². The van der Waals surface area contributed by atoms with Crippen LogP contribution in [0.15, 0.2) is 0 Å². The Morgan fingerprint density at radius 2 is 1.00 bits per heavy atom. The quantitative estimate of drug-likeness (QED) is 0.130. The standard InChI is InChI=1S/C27H51BN2O4/c1-21(9-5-6-10-22(2)12-8-14-24(4)16-18-26(32)33)11-7-13-23(3)15-17-25(31)29-19-20-30-27(28)34/h21-24H,5-20H2,1-4H3,(H,29,31)(H,30,34)(H,32,33). The number of unbranched alkanes of at least 4 members (excludes halogenated alkanes) is 1. The Labute approximate surface area is 210 Å². The Morgan fingerprint density at radius 1 is 0.618 bits per heavy atom. The molecule has 0 aliphatic heterocycles. The van der Waals surface area contributed by atoms with Crippen LogP contribution in [0.2, 0.25) is 0 Å². The van der Waals surface area contributed by atoms with Crippen molar-refractivity contribution in [3.05, 3.63) is 0 Å². The summed E-state index contributed by atoms with van der Waals surface area (Å²) in [4.78, 5) is 33.1. The van der Waals surface area contributed by atoms with Gasteiger partial charge in [-0.25, -0.2) is 0 Å². The number of nitrogens with one attached hydrogen (secondary N) is 2. The van der Waals surface area contributed by atoms with E-state index >= 15 is 0 Å². The van der Waals surface area contributed by atoms with Crippen LogP contribution < -0.4 is 10.6 Å². The van der Waals surface area contributed by atoms with E-state index in [0.717, 1.165) is 31.1 Å². The molecule has 196 valence electrons. The second-order valence-electron chi connectivity index (χ2n) is 10.7. The summed E-state index contributed by atoms with van der Waals surface area (Å²) in [6.07, 6.45) is 15.0. The van der Waals surface area contributed by atoms with Gasteiger partial charge in [0.15, 0.2) is 13.7 Å². The van der Waals surface area contributed by atoms with Crippen molar-refractivity contribution in [1.29, 1.82) is 0 Å². The number of rotatable bonds is 22. The van der Waals surface area contributed by atoms with Crippen LogP contribution in [0, 0.1) is 23.7 Å². The maximum Gasteiger partial charge on any atom is 0.303 e. The van der Waals surface area contributed by atoms with Crippen LogP contribution in [-0.2, 0) is 9.59 Å². The van der Waals surface area contributed by atoms with Gasteiger partial charge in [0, 0.05) is 25.9 Å². The van der Waals surface area contributed by atoms with Gasteiger partial charge < -0.3 is 15.7 Å². The van der Waals surface area contributed by atoms with Crippen molar-refractivity contribution < 1.29 is 19.5 Å². The monoisotopic (exact) mass is 478 g/mol. The lowest BCUT2D eigenvalue weighted by atomic mass is 9.90. The third-order valence-corrected chi connectivity index (χ3v) is 6.89. The number of carboxylic acid groups (broad SMARTS) is 1. The number of aliphatic carboxylic acids is 1. The molecule has 2 radical (unpaired) electrons. The van der Waals surface area contributed by atoms with Crippen LogP contribution in [0.25, 0.3) is 0 Å². The molecule has 4 atom stereocenters. The molecule has 2 amide bonds. The van der Waals surface area contributed by atoms with Crippen LogP contribution in [0.4, 0.5) is 4.79 Å². The fourth-order valence-electron chi connectivity index (χ4n) is 4.42. The third kappa shape index (κ3) is 22.3.